The van der Waals surface area contributed by atoms with Gasteiger partial charge in [0, 0.05) is 13.1 Å². The minimum absolute atomic E-state index is 0.223. The minimum atomic E-state index is -0.585. The summed E-state index contributed by atoms with van der Waals surface area (Å²) in [5, 5.41) is 18.8. The molecule has 0 heterocycles. The highest BCUT2D eigenvalue weighted by molar-refractivity contribution is 5.28. The molecule has 0 fully saturated rings. The lowest BCUT2D eigenvalue weighted by molar-refractivity contribution is 0.0723. The van der Waals surface area contributed by atoms with Gasteiger partial charge >= 0.3 is 0 Å². The van der Waals surface area contributed by atoms with Crippen LogP contribution in [0.4, 0.5) is 0 Å². The van der Waals surface area contributed by atoms with Gasteiger partial charge in [-0.15, -0.1) is 0 Å². The van der Waals surface area contributed by atoms with Gasteiger partial charge in [-0.3, -0.25) is 0 Å². The Labute approximate surface area is 155 Å². The summed E-state index contributed by atoms with van der Waals surface area (Å²) in [5.41, 5.74) is 2.16. The van der Waals surface area contributed by atoms with Crippen LogP contribution in [0.25, 0.3) is 0 Å². The number of ether oxygens (including phenoxy) is 2. The molecule has 138 valence electrons. The molecule has 0 saturated heterocycles. The van der Waals surface area contributed by atoms with E-state index in [2.05, 4.69) is 6.07 Å². The molecule has 0 aromatic heterocycles. The van der Waals surface area contributed by atoms with E-state index < -0.39 is 6.10 Å². The lowest BCUT2D eigenvalue weighted by Crippen LogP contribution is -2.35. The zero-order valence-corrected chi connectivity index (χ0v) is 15.4. The monoisotopic (exact) mass is 354 g/mol. The average molecular weight is 354 g/mol. The van der Waals surface area contributed by atoms with Crippen LogP contribution in [-0.2, 0) is 6.42 Å². The van der Waals surface area contributed by atoms with Crippen molar-refractivity contribution in [1.29, 1.82) is 5.26 Å². The Bertz CT molecular complexity index is 693. The van der Waals surface area contributed by atoms with E-state index >= 15 is 0 Å². The van der Waals surface area contributed by atoms with Gasteiger partial charge in [-0.25, -0.2) is 0 Å². The first kappa shape index (κ1) is 19.8. The summed E-state index contributed by atoms with van der Waals surface area (Å²) in [6.45, 7) is 4.05. The zero-order chi connectivity index (χ0) is 18.8. The molecular formula is C21H26N2O3. The standard InChI is InChI=1S/C21H26N2O3/c1-17-3-7-20(8-4-17)25-14-13-23(2)15-19(24)16-26-21-9-5-18(6-10-21)11-12-22/h3-10,19,24H,11,13-16H2,1-2H3. The van der Waals surface area contributed by atoms with Crippen LogP contribution in [0.15, 0.2) is 48.5 Å². The molecule has 0 radical (unpaired) electrons. The molecule has 1 atom stereocenters. The van der Waals surface area contributed by atoms with Gasteiger partial charge in [0.1, 0.15) is 30.8 Å². The van der Waals surface area contributed by atoms with E-state index in [4.69, 9.17) is 14.7 Å². The molecule has 0 amide bonds. The zero-order valence-electron chi connectivity index (χ0n) is 15.4. The quantitative estimate of drug-likeness (QED) is 0.711. The van der Waals surface area contributed by atoms with Gasteiger partial charge in [0.05, 0.1) is 12.5 Å². The molecular weight excluding hydrogens is 328 g/mol. The fraction of sp³-hybridized carbons (Fsp3) is 0.381. The second-order valence-electron chi connectivity index (χ2n) is 6.37. The Morgan fingerprint density at radius 1 is 1.04 bits per heavy atom. The van der Waals surface area contributed by atoms with Crippen molar-refractivity contribution in [2.75, 3.05) is 33.4 Å². The summed E-state index contributed by atoms with van der Waals surface area (Å²) >= 11 is 0. The molecule has 1 unspecified atom stereocenters. The Hall–Kier alpha value is -2.55. The molecule has 0 aliphatic carbocycles. The smallest absolute Gasteiger partial charge is 0.119 e. The van der Waals surface area contributed by atoms with E-state index in [-0.39, 0.29) is 6.61 Å². The third kappa shape index (κ3) is 7.14. The summed E-state index contributed by atoms with van der Waals surface area (Å²) in [6, 6.07) is 17.4. The van der Waals surface area contributed by atoms with Gasteiger partial charge in [0.25, 0.3) is 0 Å². The first-order valence-electron chi connectivity index (χ1n) is 8.71. The number of aliphatic hydroxyl groups is 1. The number of aryl methyl sites for hydroxylation is 1. The predicted octanol–water partition coefficient (Wildman–Crippen LogP) is 2.81. The number of likely N-dealkylation sites (N-methyl/N-ethyl adjacent to an activating group) is 1. The van der Waals surface area contributed by atoms with E-state index in [1.165, 1.54) is 5.56 Å². The molecule has 2 aromatic rings. The number of nitrogens with zero attached hydrogens (tertiary/aromatic N) is 2. The van der Waals surface area contributed by atoms with Gasteiger partial charge in [0.15, 0.2) is 0 Å². The summed E-state index contributed by atoms with van der Waals surface area (Å²) in [5.74, 6) is 1.55. The van der Waals surface area contributed by atoms with Crippen molar-refractivity contribution in [3.8, 4) is 17.6 Å². The number of hydrogen-bond acceptors (Lipinski definition) is 5. The second-order valence-corrected chi connectivity index (χ2v) is 6.37. The molecule has 26 heavy (non-hydrogen) atoms. The summed E-state index contributed by atoms with van der Waals surface area (Å²) < 4.78 is 11.3. The van der Waals surface area contributed by atoms with E-state index in [9.17, 15) is 5.11 Å². The molecule has 5 heteroatoms. The van der Waals surface area contributed by atoms with Crippen LogP contribution in [-0.4, -0.2) is 49.5 Å². The Morgan fingerprint density at radius 3 is 2.31 bits per heavy atom. The molecule has 0 saturated carbocycles. The van der Waals surface area contributed by atoms with Gasteiger partial charge in [-0.1, -0.05) is 29.8 Å². The number of aliphatic hydroxyl groups excluding tert-OH is 1. The Kier molecular flexibility index (Phi) is 7.94. The van der Waals surface area contributed by atoms with Gasteiger partial charge in [-0.2, -0.15) is 5.26 Å². The van der Waals surface area contributed by atoms with Crippen molar-refractivity contribution in [3.05, 3.63) is 59.7 Å². The maximum absolute atomic E-state index is 10.1. The van der Waals surface area contributed by atoms with Crippen LogP contribution in [0.3, 0.4) is 0 Å². The SMILES string of the molecule is Cc1ccc(OCCN(C)CC(O)COc2ccc(CC#N)cc2)cc1. The number of rotatable bonds is 10. The van der Waals surface area contributed by atoms with Crippen LogP contribution in [0.5, 0.6) is 11.5 Å². The Morgan fingerprint density at radius 2 is 1.65 bits per heavy atom. The minimum Gasteiger partial charge on any atom is -0.492 e. The van der Waals surface area contributed by atoms with E-state index in [1.54, 1.807) is 0 Å². The first-order valence-corrected chi connectivity index (χ1v) is 8.71. The normalized spacial score (nSPS) is 11.8. The fourth-order valence-electron chi connectivity index (χ4n) is 2.44. The third-order valence-electron chi connectivity index (χ3n) is 3.93. The largest absolute Gasteiger partial charge is 0.492 e. The van der Waals surface area contributed by atoms with E-state index in [1.807, 2.05) is 67.4 Å². The molecule has 2 aromatic carbocycles. The number of hydrogen-bond donors (Lipinski definition) is 1. The molecule has 0 spiro atoms. The van der Waals surface area contributed by atoms with Crippen LogP contribution in [0, 0.1) is 18.3 Å². The van der Waals surface area contributed by atoms with Crippen LogP contribution in [0.1, 0.15) is 11.1 Å². The maximum Gasteiger partial charge on any atom is 0.119 e. The fourth-order valence-corrected chi connectivity index (χ4v) is 2.44. The van der Waals surface area contributed by atoms with Gasteiger partial charge < -0.3 is 19.5 Å². The molecule has 2 rings (SSSR count). The number of benzene rings is 2. The summed E-state index contributed by atoms with van der Waals surface area (Å²) in [6.07, 6.45) is -0.198. The average Bonchev–Trinajstić information content (AvgIpc) is 2.63. The molecule has 0 aliphatic heterocycles. The molecule has 1 N–H and O–H groups in total. The van der Waals surface area contributed by atoms with Crippen molar-refractivity contribution in [2.24, 2.45) is 0 Å². The lowest BCUT2D eigenvalue weighted by atomic mass is 10.2. The van der Waals surface area contributed by atoms with Crippen LogP contribution < -0.4 is 9.47 Å². The topological polar surface area (TPSA) is 65.7 Å². The Balaban J connectivity index is 1.64. The van der Waals surface area contributed by atoms with Crippen LogP contribution in [0.2, 0.25) is 0 Å². The molecule has 5 nitrogen and oxygen atoms in total. The van der Waals surface area contributed by atoms with Gasteiger partial charge in [-0.05, 0) is 43.8 Å². The highest BCUT2D eigenvalue weighted by Crippen LogP contribution is 2.13. The van der Waals surface area contributed by atoms with Gasteiger partial charge in [0.2, 0.25) is 0 Å². The third-order valence-corrected chi connectivity index (χ3v) is 3.93. The number of nitriles is 1. The van der Waals surface area contributed by atoms with Crippen molar-refractivity contribution < 1.29 is 14.6 Å². The lowest BCUT2D eigenvalue weighted by Gasteiger charge is -2.21. The van der Waals surface area contributed by atoms with Crippen molar-refractivity contribution in [2.45, 2.75) is 19.4 Å². The molecule has 0 aliphatic rings. The van der Waals surface area contributed by atoms with E-state index in [0.717, 1.165) is 11.3 Å². The van der Waals surface area contributed by atoms with Crippen molar-refractivity contribution >= 4 is 0 Å². The highest BCUT2D eigenvalue weighted by Gasteiger charge is 2.09. The second kappa shape index (κ2) is 10.4. The first-order chi connectivity index (χ1) is 12.6. The van der Waals surface area contributed by atoms with Crippen molar-refractivity contribution in [3.63, 3.8) is 0 Å². The predicted molar refractivity (Wildman–Crippen MR) is 101 cm³/mol. The highest BCUT2D eigenvalue weighted by atomic mass is 16.5. The summed E-state index contributed by atoms with van der Waals surface area (Å²) in [4.78, 5) is 2.01. The van der Waals surface area contributed by atoms with E-state index in [0.29, 0.717) is 31.9 Å². The summed E-state index contributed by atoms with van der Waals surface area (Å²) in [7, 11) is 1.94. The van der Waals surface area contributed by atoms with Crippen LogP contribution >= 0.6 is 0 Å². The molecule has 0 bridgehead atoms. The van der Waals surface area contributed by atoms with Crippen molar-refractivity contribution in [1.82, 2.24) is 4.90 Å². The maximum atomic E-state index is 10.1.